The Morgan fingerprint density at radius 2 is 2.05 bits per heavy atom. The third-order valence-corrected chi connectivity index (χ3v) is 2.99. The number of nitrogens with zero attached hydrogens (tertiary/aromatic N) is 1. The van der Waals surface area contributed by atoms with E-state index in [1.165, 1.54) is 6.39 Å². The first-order valence-corrected chi connectivity index (χ1v) is 6.50. The molecule has 4 nitrogen and oxygen atoms in total. The molecule has 0 radical (unpaired) electrons. The Kier molecular flexibility index (Phi) is 4.98. The van der Waals surface area contributed by atoms with Gasteiger partial charge in [0.15, 0.2) is 6.39 Å². The summed E-state index contributed by atoms with van der Waals surface area (Å²) in [6.07, 6.45) is 4.75. The van der Waals surface area contributed by atoms with Gasteiger partial charge in [-0.1, -0.05) is 23.7 Å². The van der Waals surface area contributed by atoms with Gasteiger partial charge in [0, 0.05) is 24.4 Å². The average molecular weight is 279 g/mol. The largest absolute Gasteiger partial charge is 0.451 e. The Morgan fingerprint density at radius 3 is 2.74 bits per heavy atom. The highest BCUT2D eigenvalue weighted by Crippen LogP contribution is 2.09. The van der Waals surface area contributed by atoms with Crippen LogP contribution in [-0.2, 0) is 17.6 Å². The number of hydrogen-bond acceptors (Lipinski definition) is 3. The van der Waals surface area contributed by atoms with Crippen molar-refractivity contribution in [2.75, 3.05) is 6.54 Å². The number of nitrogens with one attached hydrogen (secondary N) is 1. The predicted molar refractivity (Wildman–Crippen MR) is 73.0 cm³/mol. The smallest absolute Gasteiger partial charge is 0.220 e. The maximum Gasteiger partial charge on any atom is 0.220 e. The molecule has 19 heavy (non-hydrogen) atoms. The van der Waals surface area contributed by atoms with Crippen LogP contribution in [0.15, 0.2) is 41.3 Å². The molecule has 0 atom stereocenters. The fourth-order valence-electron chi connectivity index (χ4n) is 1.69. The van der Waals surface area contributed by atoms with E-state index in [1.807, 2.05) is 24.3 Å². The number of amides is 1. The lowest BCUT2D eigenvalue weighted by Gasteiger charge is -2.04. The molecule has 2 rings (SSSR count). The number of aromatic nitrogens is 1. The van der Waals surface area contributed by atoms with Gasteiger partial charge < -0.3 is 9.73 Å². The number of aryl methyl sites for hydroxylation is 1. The maximum absolute atomic E-state index is 11.6. The van der Waals surface area contributed by atoms with Crippen LogP contribution in [0.3, 0.4) is 0 Å². The topological polar surface area (TPSA) is 55.1 Å². The van der Waals surface area contributed by atoms with Gasteiger partial charge in [0.05, 0.1) is 5.69 Å². The SMILES string of the molecule is O=C(CCc1cocn1)NCCc1ccc(Cl)cc1. The first-order chi connectivity index (χ1) is 9.24. The molecular weight excluding hydrogens is 264 g/mol. The number of rotatable bonds is 6. The molecule has 0 aliphatic carbocycles. The fraction of sp³-hybridized carbons (Fsp3) is 0.286. The Morgan fingerprint density at radius 1 is 1.26 bits per heavy atom. The second-order valence-electron chi connectivity index (χ2n) is 4.21. The van der Waals surface area contributed by atoms with Crippen molar-refractivity contribution in [1.82, 2.24) is 10.3 Å². The van der Waals surface area contributed by atoms with E-state index in [9.17, 15) is 4.79 Å². The molecule has 1 amide bonds. The first-order valence-electron chi connectivity index (χ1n) is 6.12. The quantitative estimate of drug-likeness (QED) is 0.884. The number of hydrogen-bond donors (Lipinski definition) is 1. The predicted octanol–water partition coefficient (Wildman–Crippen LogP) is 2.62. The van der Waals surface area contributed by atoms with Crippen molar-refractivity contribution >= 4 is 17.5 Å². The van der Waals surface area contributed by atoms with Crippen LogP contribution in [0.4, 0.5) is 0 Å². The molecule has 2 aromatic rings. The van der Waals surface area contributed by atoms with Crippen LogP contribution in [0.1, 0.15) is 17.7 Å². The molecule has 0 saturated heterocycles. The molecule has 1 aromatic carbocycles. The first kappa shape index (κ1) is 13.6. The lowest BCUT2D eigenvalue weighted by molar-refractivity contribution is -0.121. The second-order valence-corrected chi connectivity index (χ2v) is 4.64. The summed E-state index contributed by atoms with van der Waals surface area (Å²) >= 11 is 5.80. The molecule has 0 aliphatic heterocycles. The summed E-state index contributed by atoms with van der Waals surface area (Å²) in [5, 5.41) is 3.60. The molecule has 1 aromatic heterocycles. The average Bonchev–Trinajstić information content (AvgIpc) is 2.92. The summed E-state index contributed by atoms with van der Waals surface area (Å²) < 4.78 is 4.84. The monoisotopic (exact) mass is 278 g/mol. The van der Waals surface area contributed by atoms with Gasteiger partial charge >= 0.3 is 0 Å². The van der Waals surface area contributed by atoms with Crippen molar-refractivity contribution in [3.63, 3.8) is 0 Å². The normalized spacial score (nSPS) is 10.4. The lowest BCUT2D eigenvalue weighted by Crippen LogP contribution is -2.25. The third kappa shape index (κ3) is 4.75. The molecule has 1 heterocycles. The van der Waals surface area contributed by atoms with Crippen LogP contribution in [0.5, 0.6) is 0 Å². The molecule has 5 heteroatoms. The Balaban J connectivity index is 1.65. The van der Waals surface area contributed by atoms with Crippen molar-refractivity contribution < 1.29 is 9.21 Å². The summed E-state index contributed by atoms with van der Waals surface area (Å²) in [5.41, 5.74) is 1.95. The van der Waals surface area contributed by atoms with E-state index in [4.69, 9.17) is 16.0 Å². The van der Waals surface area contributed by atoms with E-state index in [2.05, 4.69) is 10.3 Å². The summed E-state index contributed by atoms with van der Waals surface area (Å²) in [6.45, 7) is 0.624. The van der Waals surface area contributed by atoms with Gasteiger partial charge in [-0.05, 0) is 24.1 Å². The summed E-state index contributed by atoms with van der Waals surface area (Å²) in [4.78, 5) is 15.6. The summed E-state index contributed by atoms with van der Waals surface area (Å²) in [5.74, 6) is 0.0250. The number of benzene rings is 1. The van der Waals surface area contributed by atoms with E-state index in [1.54, 1.807) is 6.26 Å². The van der Waals surface area contributed by atoms with Crippen molar-refractivity contribution in [1.29, 1.82) is 0 Å². The van der Waals surface area contributed by atoms with Gasteiger partial charge in [-0.2, -0.15) is 0 Å². The van der Waals surface area contributed by atoms with Crippen LogP contribution in [0.25, 0.3) is 0 Å². The zero-order chi connectivity index (χ0) is 13.5. The minimum Gasteiger partial charge on any atom is -0.451 e. The number of carbonyl (C=O) groups is 1. The molecule has 1 N–H and O–H groups in total. The molecule has 0 spiro atoms. The van der Waals surface area contributed by atoms with E-state index in [0.29, 0.717) is 19.4 Å². The molecule has 100 valence electrons. The van der Waals surface area contributed by atoms with E-state index in [0.717, 1.165) is 22.7 Å². The van der Waals surface area contributed by atoms with Crippen molar-refractivity contribution in [3.05, 3.63) is 53.2 Å². The third-order valence-electron chi connectivity index (χ3n) is 2.74. The van der Waals surface area contributed by atoms with Gasteiger partial charge in [0.25, 0.3) is 0 Å². The van der Waals surface area contributed by atoms with Crippen molar-refractivity contribution in [2.45, 2.75) is 19.3 Å². The van der Waals surface area contributed by atoms with Gasteiger partial charge in [-0.25, -0.2) is 4.98 Å². The highest BCUT2D eigenvalue weighted by molar-refractivity contribution is 6.30. The molecular formula is C14H15ClN2O2. The lowest BCUT2D eigenvalue weighted by atomic mass is 10.1. The minimum absolute atomic E-state index is 0.0250. The molecule has 0 saturated carbocycles. The molecule has 0 fully saturated rings. The highest BCUT2D eigenvalue weighted by atomic mass is 35.5. The van der Waals surface area contributed by atoms with Crippen LogP contribution in [0.2, 0.25) is 5.02 Å². The van der Waals surface area contributed by atoms with Crippen molar-refractivity contribution in [3.8, 4) is 0 Å². The second kappa shape index (κ2) is 6.95. The van der Waals surface area contributed by atoms with E-state index < -0.39 is 0 Å². The van der Waals surface area contributed by atoms with Crippen LogP contribution >= 0.6 is 11.6 Å². The fourth-order valence-corrected chi connectivity index (χ4v) is 1.81. The van der Waals surface area contributed by atoms with Gasteiger partial charge in [0.1, 0.15) is 6.26 Å². The number of oxazole rings is 1. The Bertz CT molecular complexity index is 509. The molecule has 0 unspecified atom stereocenters. The van der Waals surface area contributed by atoms with Crippen LogP contribution in [-0.4, -0.2) is 17.4 Å². The van der Waals surface area contributed by atoms with E-state index in [-0.39, 0.29) is 5.91 Å². The van der Waals surface area contributed by atoms with Gasteiger partial charge in [-0.3, -0.25) is 4.79 Å². The summed E-state index contributed by atoms with van der Waals surface area (Å²) in [7, 11) is 0. The van der Waals surface area contributed by atoms with Crippen molar-refractivity contribution in [2.24, 2.45) is 0 Å². The highest BCUT2D eigenvalue weighted by Gasteiger charge is 2.03. The van der Waals surface area contributed by atoms with E-state index >= 15 is 0 Å². The Hall–Kier alpha value is -1.81. The Labute approximate surface area is 116 Å². The van der Waals surface area contributed by atoms with Crippen LogP contribution in [0, 0.1) is 0 Å². The number of carbonyl (C=O) groups excluding carboxylic acids is 1. The van der Waals surface area contributed by atoms with Gasteiger partial charge in [-0.15, -0.1) is 0 Å². The zero-order valence-electron chi connectivity index (χ0n) is 10.4. The van der Waals surface area contributed by atoms with Gasteiger partial charge in [0.2, 0.25) is 5.91 Å². The standard InChI is InChI=1S/C14H15ClN2O2/c15-12-3-1-11(2-4-12)7-8-16-14(18)6-5-13-9-19-10-17-13/h1-4,9-10H,5-8H2,(H,16,18). The number of halogens is 1. The molecule has 0 aliphatic rings. The maximum atomic E-state index is 11.6. The zero-order valence-corrected chi connectivity index (χ0v) is 11.2. The van der Waals surface area contributed by atoms with Crippen LogP contribution < -0.4 is 5.32 Å². The molecule has 0 bridgehead atoms. The summed E-state index contributed by atoms with van der Waals surface area (Å²) in [6, 6.07) is 7.63. The minimum atomic E-state index is 0.0250.